The molecule has 160 valence electrons. The van der Waals surface area contributed by atoms with E-state index < -0.39 is 5.91 Å². The lowest BCUT2D eigenvalue weighted by Gasteiger charge is -2.31. The molecule has 2 aromatic rings. The lowest BCUT2D eigenvalue weighted by atomic mass is 9.97. The number of carbonyl (C=O) groups excluding carboxylic acids is 3. The summed E-state index contributed by atoms with van der Waals surface area (Å²) in [5, 5.41) is 14.2. The molecule has 1 aromatic heterocycles. The van der Waals surface area contributed by atoms with Gasteiger partial charge in [-0.3, -0.25) is 14.4 Å². The maximum Gasteiger partial charge on any atom is 0.286 e. The van der Waals surface area contributed by atoms with E-state index in [1.54, 1.807) is 29.2 Å². The van der Waals surface area contributed by atoms with Gasteiger partial charge >= 0.3 is 0 Å². The Bertz CT molecular complexity index is 902. The maximum atomic E-state index is 12.8. The lowest BCUT2D eigenvalue weighted by Crippen LogP contribution is -2.45. The summed E-state index contributed by atoms with van der Waals surface area (Å²) in [5.41, 5.74) is 0.570. The average molecular weight is 450 g/mol. The van der Waals surface area contributed by atoms with E-state index in [0.717, 1.165) is 37.0 Å². The van der Waals surface area contributed by atoms with Gasteiger partial charge < -0.3 is 15.5 Å². The maximum absolute atomic E-state index is 12.8. The average Bonchev–Trinajstić information content (AvgIpc) is 3.25. The van der Waals surface area contributed by atoms with Gasteiger partial charge in [0.25, 0.3) is 11.8 Å². The predicted molar refractivity (Wildman–Crippen MR) is 116 cm³/mol. The smallest absolute Gasteiger partial charge is 0.286 e. The number of amides is 3. The first-order valence-corrected chi connectivity index (χ1v) is 11.1. The van der Waals surface area contributed by atoms with Crippen LogP contribution in [-0.4, -0.2) is 52.5 Å². The molecule has 10 heteroatoms. The van der Waals surface area contributed by atoms with Gasteiger partial charge in [-0.1, -0.05) is 36.3 Å². The van der Waals surface area contributed by atoms with Crippen molar-refractivity contribution in [3.63, 3.8) is 0 Å². The number of anilines is 1. The Kier molecular flexibility index (Phi) is 7.75. The highest BCUT2D eigenvalue weighted by molar-refractivity contribution is 7.15. The molecule has 2 heterocycles. The third-order valence-electron chi connectivity index (χ3n) is 4.81. The Morgan fingerprint density at radius 1 is 1.20 bits per heavy atom. The van der Waals surface area contributed by atoms with Crippen molar-refractivity contribution in [2.75, 3.05) is 25.0 Å². The Labute approximate surface area is 184 Å². The fourth-order valence-electron chi connectivity index (χ4n) is 3.16. The van der Waals surface area contributed by atoms with Crippen LogP contribution < -0.4 is 10.6 Å². The number of halogens is 1. The number of likely N-dealkylation sites (tertiary alicyclic amines) is 1. The monoisotopic (exact) mass is 449 g/mol. The van der Waals surface area contributed by atoms with E-state index >= 15 is 0 Å². The highest BCUT2D eigenvalue weighted by atomic mass is 35.5. The number of aromatic nitrogens is 2. The zero-order chi connectivity index (χ0) is 21.5. The van der Waals surface area contributed by atoms with Crippen molar-refractivity contribution in [2.24, 2.45) is 5.92 Å². The number of piperidine rings is 1. The molecule has 1 atom stereocenters. The minimum atomic E-state index is -0.444. The largest absolute Gasteiger partial charge is 0.356 e. The van der Waals surface area contributed by atoms with Crippen LogP contribution in [0.2, 0.25) is 5.02 Å². The van der Waals surface area contributed by atoms with Crippen LogP contribution in [0.1, 0.15) is 52.2 Å². The molecule has 1 aliphatic heterocycles. The van der Waals surface area contributed by atoms with Gasteiger partial charge in [0, 0.05) is 30.3 Å². The van der Waals surface area contributed by atoms with Crippen LogP contribution in [0.4, 0.5) is 5.69 Å². The summed E-state index contributed by atoms with van der Waals surface area (Å²) in [6, 6.07) is 6.67. The predicted octanol–water partition coefficient (Wildman–Crippen LogP) is 3.21. The van der Waals surface area contributed by atoms with Crippen molar-refractivity contribution in [3.8, 4) is 0 Å². The van der Waals surface area contributed by atoms with Crippen LogP contribution in [0, 0.1) is 5.92 Å². The molecular formula is C20H24ClN5O3S. The van der Waals surface area contributed by atoms with Crippen molar-refractivity contribution in [1.82, 2.24) is 20.4 Å². The molecule has 1 aliphatic rings. The first-order valence-electron chi connectivity index (χ1n) is 9.95. The van der Waals surface area contributed by atoms with Gasteiger partial charge in [0.05, 0.1) is 5.92 Å². The van der Waals surface area contributed by atoms with Gasteiger partial charge in [0.2, 0.25) is 15.9 Å². The summed E-state index contributed by atoms with van der Waals surface area (Å²) in [4.78, 5) is 39.1. The fraction of sp³-hybridized carbons (Fsp3) is 0.450. The molecule has 3 amide bonds. The van der Waals surface area contributed by atoms with Crippen LogP contribution in [0.15, 0.2) is 24.3 Å². The molecule has 0 radical (unpaired) electrons. The summed E-state index contributed by atoms with van der Waals surface area (Å²) in [7, 11) is 0. The minimum absolute atomic E-state index is 0.0127. The van der Waals surface area contributed by atoms with Crippen molar-refractivity contribution < 1.29 is 14.4 Å². The number of hydrogen-bond donors (Lipinski definition) is 2. The number of benzene rings is 1. The second-order valence-corrected chi connectivity index (χ2v) is 8.52. The number of rotatable bonds is 7. The molecule has 3 rings (SSSR count). The van der Waals surface area contributed by atoms with E-state index in [2.05, 4.69) is 27.8 Å². The zero-order valence-electron chi connectivity index (χ0n) is 16.7. The molecule has 8 nitrogen and oxygen atoms in total. The standard InChI is InChI=1S/C20H24ClN5O3S/c1-2-3-10-22-16(27)13-5-4-11-26(12-13)20(29)19-25-24-18(30-19)17(28)23-15-8-6-14(21)7-9-15/h6-9,13H,2-5,10-12H2,1H3,(H,22,27)(H,23,28)/t13-/m0/s1. The molecule has 30 heavy (non-hydrogen) atoms. The summed E-state index contributed by atoms with van der Waals surface area (Å²) in [6.45, 7) is 3.63. The Morgan fingerprint density at radius 3 is 2.67 bits per heavy atom. The van der Waals surface area contributed by atoms with Crippen LogP contribution >= 0.6 is 22.9 Å². The first kappa shape index (κ1) is 22.2. The van der Waals surface area contributed by atoms with Crippen LogP contribution in [0.25, 0.3) is 0 Å². The topological polar surface area (TPSA) is 104 Å². The molecule has 0 aliphatic carbocycles. The van der Waals surface area contributed by atoms with Crippen LogP contribution in [0.3, 0.4) is 0 Å². The van der Waals surface area contributed by atoms with E-state index in [9.17, 15) is 14.4 Å². The van der Waals surface area contributed by atoms with Gasteiger partial charge in [-0.05, 0) is 43.5 Å². The van der Waals surface area contributed by atoms with Gasteiger partial charge in [-0.25, -0.2) is 0 Å². The van der Waals surface area contributed by atoms with E-state index in [1.165, 1.54) is 0 Å². The van der Waals surface area contributed by atoms with Gasteiger partial charge in [0.1, 0.15) is 0 Å². The number of hydrogen-bond acceptors (Lipinski definition) is 6. The van der Waals surface area contributed by atoms with E-state index in [0.29, 0.717) is 30.3 Å². The summed E-state index contributed by atoms with van der Waals surface area (Å²) in [5.74, 6) is -0.980. The Morgan fingerprint density at radius 2 is 1.93 bits per heavy atom. The van der Waals surface area contributed by atoms with E-state index in [1.807, 2.05) is 0 Å². The third-order valence-corrected chi connectivity index (χ3v) is 5.98. The molecular weight excluding hydrogens is 426 g/mol. The number of nitrogens with zero attached hydrogens (tertiary/aromatic N) is 3. The highest BCUT2D eigenvalue weighted by Crippen LogP contribution is 2.21. The Balaban J connectivity index is 1.59. The quantitative estimate of drug-likeness (QED) is 0.631. The normalized spacial score (nSPS) is 16.2. The highest BCUT2D eigenvalue weighted by Gasteiger charge is 2.30. The molecule has 2 N–H and O–H groups in total. The van der Waals surface area contributed by atoms with Crippen molar-refractivity contribution in [1.29, 1.82) is 0 Å². The molecule has 1 saturated heterocycles. The molecule has 0 saturated carbocycles. The summed E-state index contributed by atoms with van der Waals surface area (Å²) in [6.07, 6.45) is 3.46. The van der Waals surface area contributed by atoms with E-state index in [-0.39, 0.29) is 27.7 Å². The van der Waals surface area contributed by atoms with Crippen LogP contribution in [-0.2, 0) is 4.79 Å². The minimum Gasteiger partial charge on any atom is -0.356 e. The molecule has 1 fully saturated rings. The second kappa shape index (κ2) is 10.5. The second-order valence-electron chi connectivity index (χ2n) is 7.11. The lowest BCUT2D eigenvalue weighted by molar-refractivity contribution is -0.126. The zero-order valence-corrected chi connectivity index (χ0v) is 18.3. The van der Waals surface area contributed by atoms with Gasteiger partial charge in [0.15, 0.2) is 0 Å². The molecule has 0 spiro atoms. The number of nitrogens with one attached hydrogen (secondary N) is 2. The van der Waals surface area contributed by atoms with Crippen molar-refractivity contribution in [3.05, 3.63) is 39.3 Å². The SMILES string of the molecule is CCCCNC(=O)[C@H]1CCCN(C(=O)c2nnc(C(=O)Nc3ccc(Cl)cc3)s2)C1. The van der Waals surface area contributed by atoms with E-state index in [4.69, 9.17) is 11.6 Å². The van der Waals surface area contributed by atoms with Gasteiger partial charge in [-0.2, -0.15) is 0 Å². The van der Waals surface area contributed by atoms with Crippen molar-refractivity contribution >= 4 is 46.3 Å². The summed E-state index contributed by atoms with van der Waals surface area (Å²) >= 11 is 6.78. The van der Waals surface area contributed by atoms with Crippen LogP contribution in [0.5, 0.6) is 0 Å². The summed E-state index contributed by atoms with van der Waals surface area (Å²) < 4.78 is 0. The first-order chi connectivity index (χ1) is 14.5. The fourth-order valence-corrected chi connectivity index (χ4v) is 4.00. The number of unbranched alkanes of at least 4 members (excludes halogenated alkanes) is 1. The Hall–Kier alpha value is -2.52. The van der Waals surface area contributed by atoms with Crippen molar-refractivity contribution in [2.45, 2.75) is 32.6 Å². The molecule has 1 aromatic carbocycles. The van der Waals surface area contributed by atoms with Gasteiger partial charge in [-0.15, -0.1) is 10.2 Å². The molecule has 0 unspecified atom stereocenters. The number of carbonyl (C=O) groups is 3. The third kappa shape index (κ3) is 5.76. The molecule has 0 bridgehead atoms.